The third kappa shape index (κ3) is 4.15. The standard InChI is InChI=1S/C19H24N4O3S/c1-15-19(27(24,25)22-10-4-3-5-11-22)16(2)23(21-15)12-13-26-18-8-6-17(14-20)7-9-18/h6-9H,3-5,10-13H2,1-2H3. The summed E-state index contributed by atoms with van der Waals surface area (Å²) in [6, 6.07) is 8.94. The van der Waals surface area contributed by atoms with Crippen molar-refractivity contribution in [2.45, 2.75) is 44.6 Å². The van der Waals surface area contributed by atoms with Gasteiger partial charge in [-0.15, -0.1) is 0 Å². The highest BCUT2D eigenvalue weighted by atomic mass is 32.2. The van der Waals surface area contributed by atoms with Crippen LogP contribution < -0.4 is 4.74 Å². The van der Waals surface area contributed by atoms with Crippen LogP contribution in [0.1, 0.15) is 36.2 Å². The molecular formula is C19H24N4O3S. The molecule has 1 fully saturated rings. The molecule has 0 spiro atoms. The van der Waals surface area contributed by atoms with Crippen molar-refractivity contribution in [3.05, 3.63) is 41.2 Å². The number of sulfonamides is 1. The quantitative estimate of drug-likeness (QED) is 0.759. The molecule has 3 rings (SSSR count). The Balaban J connectivity index is 1.70. The fraction of sp³-hybridized carbons (Fsp3) is 0.474. The number of ether oxygens (including phenoxy) is 1. The van der Waals surface area contributed by atoms with Gasteiger partial charge in [-0.2, -0.15) is 14.7 Å². The lowest BCUT2D eigenvalue weighted by Crippen LogP contribution is -2.36. The smallest absolute Gasteiger partial charge is 0.246 e. The van der Waals surface area contributed by atoms with Gasteiger partial charge in [0.25, 0.3) is 0 Å². The SMILES string of the molecule is Cc1nn(CCOc2ccc(C#N)cc2)c(C)c1S(=O)(=O)N1CCCCC1. The minimum absolute atomic E-state index is 0.322. The number of hydrogen-bond acceptors (Lipinski definition) is 5. The van der Waals surface area contributed by atoms with Crippen molar-refractivity contribution in [3.8, 4) is 11.8 Å². The number of benzene rings is 1. The first kappa shape index (κ1) is 19.4. The highest BCUT2D eigenvalue weighted by molar-refractivity contribution is 7.89. The van der Waals surface area contributed by atoms with Gasteiger partial charge < -0.3 is 4.74 Å². The second kappa shape index (κ2) is 8.11. The van der Waals surface area contributed by atoms with Crippen molar-refractivity contribution < 1.29 is 13.2 Å². The Labute approximate surface area is 160 Å². The summed E-state index contributed by atoms with van der Waals surface area (Å²) in [6.45, 7) is 5.49. The van der Waals surface area contributed by atoms with Gasteiger partial charge >= 0.3 is 0 Å². The Morgan fingerprint density at radius 2 is 1.81 bits per heavy atom. The summed E-state index contributed by atoms with van der Waals surface area (Å²) in [5.74, 6) is 0.664. The molecule has 7 nitrogen and oxygen atoms in total. The van der Waals surface area contributed by atoms with Gasteiger partial charge in [0.15, 0.2) is 0 Å². The molecule has 0 atom stereocenters. The van der Waals surface area contributed by atoms with Gasteiger partial charge in [-0.05, 0) is 51.0 Å². The molecule has 144 valence electrons. The molecule has 8 heteroatoms. The van der Waals surface area contributed by atoms with Crippen LogP contribution in [0.25, 0.3) is 0 Å². The Morgan fingerprint density at radius 3 is 2.44 bits per heavy atom. The van der Waals surface area contributed by atoms with Gasteiger partial charge in [0.2, 0.25) is 10.0 Å². The maximum Gasteiger partial charge on any atom is 0.246 e. The van der Waals surface area contributed by atoms with Gasteiger partial charge in [-0.3, -0.25) is 4.68 Å². The number of nitrogens with zero attached hydrogens (tertiary/aromatic N) is 4. The predicted octanol–water partition coefficient (Wildman–Crippen LogP) is 2.63. The lowest BCUT2D eigenvalue weighted by Gasteiger charge is -2.26. The van der Waals surface area contributed by atoms with Crippen LogP contribution in [0.3, 0.4) is 0 Å². The fourth-order valence-electron chi connectivity index (χ4n) is 3.38. The van der Waals surface area contributed by atoms with Crippen LogP contribution in [0.2, 0.25) is 0 Å². The minimum atomic E-state index is -3.51. The molecule has 27 heavy (non-hydrogen) atoms. The lowest BCUT2D eigenvalue weighted by molar-refractivity contribution is 0.289. The number of hydrogen-bond donors (Lipinski definition) is 0. The molecule has 1 aliphatic heterocycles. The first-order chi connectivity index (χ1) is 12.9. The number of piperidine rings is 1. The average molecular weight is 388 g/mol. The Bertz CT molecular complexity index is 937. The molecule has 0 unspecified atom stereocenters. The van der Waals surface area contributed by atoms with Crippen LogP contribution in [-0.2, 0) is 16.6 Å². The Morgan fingerprint density at radius 1 is 1.15 bits per heavy atom. The second-order valence-corrected chi connectivity index (χ2v) is 8.55. The highest BCUT2D eigenvalue weighted by Crippen LogP contribution is 2.26. The summed E-state index contributed by atoms with van der Waals surface area (Å²) >= 11 is 0. The molecule has 2 aromatic rings. The number of rotatable bonds is 6. The summed E-state index contributed by atoms with van der Waals surface area (Å²) < 4.78 is 35.0. The van der Waals surface area contributed by atoms with E-state index in [0.29, 0.717) is 53.8 Å². The van der Waals surface area contributed by atoms with Gasteiger partial charge in [0.05, 0.1) is 29.6 Å². The van der Waals surface area contributed by atoms with Crippen molar-refractivity contribution in [2.75, 3.05) is 19.7 Å². The first-order valence-electron chi connectivity index (χ1n) is 9.10. The van der Waals surface area contributed by atoms with E-state index in [1.54, 1.807) is 47.1 Å². The zero-order chi connectivity index (χ0) is 19.4. The summed E-state index contributed by atoms with van der Waals surface area (Å²) in [4.78, 5) is 0.322. The van der Waals surface area contributed by atoms with Crippen LogP contribution in [0.4, 0.5) is 0 Å². The van der Waals surface area contributed by atoms with Gasteiger partial charge in [0, 0.05) is 13.1 Å². The zero-order valence-electron chi connectivity index (χ0n) is 15.7. The maximum atomic E-state index is 13.0. The molecule has 0 amide bonds. The molecule has 0 saturated carbocycles. The first-order valence-corrected chi connectivity index (χ1v) is 10.5. The van der Waals surface area contributed by atoms with Crippen LogP contribution in [0.5, 0.6) is 5.75 Å². The van der Waals surface area contributed by atoms with Crippen molar-refractivity contribution in [3.63, 3.8) is 0 Å². The van der Waals surface area contributed by atoms with E-state index in [2.05, 4.69) is 11.2 Å². The number of aromatic nitrogens is 2. The molecule has 1 aromatic heterocycles. The highest BCUT2D eigenvalue weighted by Gasteiger charge is 2.31. The van der Waals surface area contributed by atoms with E-state index in [-0.39, 0.29) is 0 Å². The van der Waals surface area contributed by atoms with Crippen molar-refractivity contribution in [2.24, 2.45) is 0 Å². The van der Waals surface area contributed by atoms with Crippen molar-refractivity contribution in [1.29, 1.82) is 5.26 Å². The van der Waals surface area contributed by atoms with E-state index in [1.807, 2.05) is 0 Å². The molecule has 1 saturated heterocycles. The lowest BCUT2D eigenvalue weighted by atomic mass is 10.2. The second-order valence-electron chi connectivity index (χ2n) is 6.67. The molecule has 0 bridgehead atoms. The monoisotopic (exact) mass is 388 g/mol. The molecule has 0 N–H and O–H groups in total. The third-order valence-electron chi connectivity index (χ3n) is 4.78. The fourth-order valence-corrected chi connectivity index (χ4v) is 5.27. The van der Waals surface area contributed by atoms with Crippen LogP contribution >= 0.6 is 0 Å². The van der Waals surface area contributed by atoms with Crippen LogP contribution in [0.15, 0.2) is 29.2 Å². The van der Waals surface area contributed by atoms with Gasteiger partial charge in [-0.1, -0.05) is 6.42 Å². The van der Waals surface area contributed by atoms with E-state index in [0.717, 1.165) is 19.3 Å². The van der Waals surface area contributed by atoms with E-state index in [4.69, 9.17) is 10.00 Å². The number of aryl methyl sites for hydroxylation is 1. The number of nitriles is 1. The zero-order valence-corrected chi connectivity index (χ0v) is 16.5. The van der Waals surface area contributed by atoms with E-state index in [1.165, 1.54) is 0 Å². The summed E-state index contributed by atoms with van der Waals surface area (Å²) in [7, 11) is -3.51. The molecule has 0 radical (unpaired) electrons. The predicted molar refractivity (Wildman–Crippen MR) is 101 cm³/mol. The maximum absolute atomic E-state index is 13.0. The topological polar surface area (TPSA) is 88.2 Å². The molecular weight excluding hydrogens is 364 g/mol. The largest absolute Gasteiger partial charge is 0.492 e. The summed E-state index contributed by atoms with van der Waals surface area (Å²) in [5, 5.41) is 13.2. The Kier molecular flexibility index (Phi) is 5.82. The van der Waals surface area contributed by atoms with Crippen molar-refractivity contribution >= 4 is 10.0 Å². The van der Waals surface area contributed by atoms with E-state index >= 15 is 0 Å². The summed E-state index contributed by atoms with van der Waals surface area (Å²) in [5.41, 5.74) is 1.74. The average Bonchev–Trinajstić information content (AvgIpc) is 2.97. The van der Waals surface area contributed by atoms with E-state index in [9.17, 15) is 8.42 Å². The van der Waals surface area contributed by atoms with E-state index < -0.39 is 10.0 Å². The van der Waals surface area contributed by atoms with Crippen LogP contribution in [0, 0.1) is 25.2 Å². The van der Waals surface area contributed by atoms with Crippen LogP contribution in [-0.4, -0.2) is 42.2 Å². The molecule has 1 aliphatic rings. The van der Waals surface area contributed by atoms with Gasteiger partial charge in [0.1, 0.15) is 17.3 Å². The minimum Gasteiger partial charge on any atom is -0.492 e. The molecule has 2 heterocycles. The molecule has 1 aromatic carbocycles. The van der Waals surface area contributed by atoms with Crippen molar-refractivity contribution in [1.82, 2.24) is 14.1 Å². The van der Waals surface area contributed by atoms with Gasteiger partial charge in [-0.25, -0.2) is 8.42 Å². The third-order valence-corrected chi connectivity index (χ3v) is 6.93. The normalized spacial score (nSPS) is 15.4. The molecule has 0 aliphatic carbocycles. The summed E-state index contributed by atoms with van der Waals surface area (Å²) in [6.07, 6.45) is 2.89. The Hall–Kier alpha value is -2.37.